The van der Waals surface area contributed by atoms with Gasteiger partial charge in [0.15, 0.2) is 5.69 Å². The first-order chi connectivity index (χ1) is 14.0. The van der Waals surface area contributed by atoms with E-state index in [0.29, 0.717) is 28.1 Å². The molecule has 3 aromatic heterocycles. The fourth-order valence-corrected chi connectivity index (χ4v) is 3.63. The van der Waals surface area contributed by atoms with Crippen LogP contribution in [-0.2, 0) is 11.3 Å². The summed E-state index contributed by atoms with van der Waals surface area (Å²) in [6.45, 7) is 5.41. The number of thiophene rings is 1. The molecule has 0 bridgehead atoms. The number of benzene rings is 1. The summed E-state index contributed by atoms with van der Waals surface area (Å²) in [5.74, 6) is 0.474. The van der Waals surface area contributed by atoms with Crippen molar-refractivity contribution in [3.05, 3.63) is 69.3 Å². The molecule has 4 aromatic rings. The Bertz CT molecular complexity index is 1240. The molecule has 0 saturated heterocycles. The first-order valence-corrected chi connectivity index (χ1v) is 10.0. The second kappa shape index (κ2) is 7.63. The SMILES string of the molecule is Cc1oc(-c2cccs2)nc1COC(=O)c1nn(C(C)C)c(=O)c2ccccc12. The third-order valence-corrected chi connectivity index (χ3v) is 5.33. The minimum atomic E-state index is -0.615. The van der Waals surface area contributed by atoms with E-state index in [1.165, 1.54) is 16.0 Å². The minimum Gasteiger partial charge on any atom is -0.454 e. The van der Waals surface area contributed by atoms with Gasteiger partial charge in [0, 0.05) is 5.39 Å². The van der Waals surface area contributed by atoms with Gasteiger partial charge in [-0.05, 0) is 38.3 Å². The molecule has 0 fully saturated rings. The Kier molecular flexibility index (Phi) is 5.02. The number of hydrogen-bond donors (Lipinski definition) is 0. The Morgan fingerprint density at radius 1 is 1.21 bits per heavy atom. The van der Waals surface area contributed by atoms with Crippen molar-refractivity contribution in [3.8, 4) is 10.8 Å². The Labute approximate surface area is 170 Å². The maximum atomic E-state index is 12.8. The van der Waals surface area contributed by atoms with Crippen LogP contribution in [-0.4, -0.2) is 20.7 Å². The second-order valence-electron chi connectivity index (χ2n) is 6.81. The number of hydrogen-bond acceptors (Lipinski definition) is 7. The van der Waals surface area contributed by atoms with Gasteiger partial charge in [-0.25, -0.2) is 14.5 Å². The molecule has 7 nitrogen and oxygen atoms in total. The van der Waals surface area contributed by atoms with Gasteiger partial charge in [-0.15, -0.1) is 11.3 Å². The van der Waals surface area contributed by atoms with Gasteiger partial charge in [-0.3, -0.25) is 4.79 Å². The number of carbonyl (C=O) groups excluding carboxylic acids is 1. The molecule has 0 atom stereocenters. The molecule has 0 amide bonds. The van der Waals surface area contributed by atoms with Crippen LogP contribution in [0.25, 0.3) is 21.5 Å². The predicted octanol–water partition coefficient (Wildman–Crippen LogP) is 4.36. The first-order valence-electron chi connectivity index (χ1n) is 9.14. The average Bonchev–Trinajstić information content (AvgIpc) is 3.36. The van der Waals surface area contributed by atoms with E-state index < -0.39 is 5.97 Å². The van der Waals surface area contributed by atoms with Crippen molar-refractivity contribution < 1.29 is 13.9 Å². The zero-order valence-electron chi connectivity index (χ0n) is 16.2. The third kappa shape index (κ3) is 3.58. The number of esters is 1. The molecule has 0 aliphatic heterocycles. The molecule has 0 aliphatic carbocycles. The highest BCUT2D eigenvalue weighted by Gasteiger charge is 2.20. The van der Waals surface area contributed by atoms with E-state index in [2.05, 4.69) is 10.1 Å². The molecule has 0 N–H and O–H groups in total. The number of ether oxygens (including phenoxy) is 1. The maximum Gasteiger partial charge on any atom is 0.359 e. The van der Waals surface area contributed by atoms with Crippen molar-refractivity contribution in [1.29, 1.82) is 0 Å². The molecule has 0 aliphatic rings. The van der Waals surface area contributed by atoms with Crippen molar-refractivity contribution in [3.63, 3.8) is 0 Å². The smallest absolute Gasteiger partial charge is 0.359 e. The van der Waals surface area contributed by atoms with Crippen LogP contribution in [0.15, 0.2) is 51.0 Å². The Balaban J connectivity index is 1.63. The van der Waals surface area contributed by atoms with Gasteiger partial charge >= 0.3 is 5.97 Å². The summed E-state index contributed by atoms with van der Waals surface area (Å²) >= 11 is 1.52. The van der Waals surface area contributed by atoms with E-state index in [4.69, 9.17) is 9.15 Å². The number of fused-ring (bicyclic) bond motifs is 1. The quantitative estimate of drug-likeness (QED) is 0.455. The van der Waals surface area contributed by atoms with Crippen LogP contribution in [0.4, 0.5) is 0 Å². The highest BCUT2D eigenvalue weighted by Crippen LogP contribution is 2.26. The van der Waals surface area contributed by atoms with Crippen LogP contribution in [0, 0.1) is 6.92 Å². The third-order valence-electron chi connectivity index (χ3n) is 4.48. The molecule has 8 heteroatoms. The van der Waals surface area contributed by atoms with Gasteiger partial charge < -0.3 is 9.15 Å². The van der Waals surface area contributed by atoms with Crippen molar-refractivity contribution >= 4 is 28.1 Å². The fraction of sp³-hybridized carbons (Fsp3) is 0.238. The van der Waals surface area contributed by atoms with Crippen LogP contribution in [0.5, 0.6) is 0 Å². The van der Waals surface area contributed by atoms with Crippen molar-refractivity contribution in [2.75, 3.05) is 0 Å². The molecule has 0 spiro atoms. The maximum absolute atomic E-state index is 12.8. The van der Waals surface area contributed by atoms with Gasteiger partial charge in [0.25, 0.3) is 5.56 Å². The lowest BCUT2D eigenvalue weighted by Gasteiger charge is -2.12. The summed E-state index contributed by atoms with van der Waals surface area (Å²) in [5, 5.41) is 7.11. The number of carbonyl (C=O) groups is 1. The summed E-state index contributed by atoms with van der Waals surface area (Å²) in [4.78, 5) is 30.8. The Morgan fingerprint density at radius 2 is 1.97 bits per heavy atom. The summed E-state index contributed by atoms with van der Waals surface area (Å²) in [6.07, 6.45) is 0. The zero-order valence-corrected chi connectivity index (χ0v) is 17.0. The molecular formula is C21H19N3O4S. The molecular weight excluding hydrogens is 390 g/mol. The van der Waals surface area contributed by atoms with Gasteiger partial charge in [0.2, 0.25) is 5.89 Å². The van der Waals surface area contributed by atoms with Gasteiger partial charge in [0.05, 0.1) is 16.3 Å². The summed E-state index contributed by atoms with van der Waals surface area (Å²) in [5.41, 5.74) is 0.414. The highest BCUT2D eigenvalue weighted by molar-refractivity contribution is 7.13. The zero-order chi connectivity index (χ0) is 20.5. The van der Waals surface area contributed by atoms with E-state index >= 15 is 0 Å². The number of rotatable bonds is 5. The average molecular weight is 409 g/mol. The Morgan fingerprint density at radius 3 is 2.66 bits per heavy atom. The molecule has 3 heterocycles. The van der Waals surface area contributed by atoms with Crippen LogP contribution in [0.3, 0.4) is 0 Å². The van der Waals surface area contributed by atoms with Gasteiger partial charge in [-0.1, -0.05) is 24.3 Å². The van der Waals surface area contributed by atoms with Crippen LogP contribution in [0.2, 0.25) is 0 Å². The number of oxazole rings is 1. The molecule has 0 saturated carbocycles. The largest absolute Gasteiger partial charge is 0.454 e. The summed E-state index contributed by atoms with van der Waals surface area (Å²) in [7, 11) is 0. The lowest BCUT2D eigenvalue weighted by Crippen LogP contribution is -2.27. The van der Waals surface area contributed by atoms with E-state index in [-0.39, 0.29) is 23.9 Å². The topological polar surface area (TPSA) is 87.2 Å². The minimum absolute atomic E-state index is 0.0453. The standard InChI is InChI=1S/C21H19N3O4S/c1-12(2)24-20(25)15-8-5-4-7-14(15)18(23-24)21(26)27-11-16-13(3)28-19(22-16)17-9-6-10-29-17/h4-10,12H,11H2,1-3H3. The molecule has 0 unspecified atom stereocenters. The molecule has 148 valence electrons. The lowest BCUT2D eigenvalue weighted by molar-refractivity contribution is 0.0459. The van der Waals surface area contributed by atoms with Crippen LogP contribution < -0.4 is 5.56 Å². The van der Waals surface area contributed by atoms with Crippen molar-refractivity contribution in [2.45, 2.75) is 33.4 Å². The van der Waals surface area contributed by atoms with Gasteiger partial charge in [0.1, 0.15) is 18.1 Å². The predicted molar refractivity (Wildman–Crippen MR) is 110 cm³/mol. The number of aryl methyl sites for hydroxylation is 1. The van der Waals surface area contributed by atoms with Crippen LogP contribution >= 0.6 is 11.3 Å². The van der Waals surface area contributed by atoms with E-state index in [9.17, 15) is 9.59 Å². The second-order valence-corrected chi connectivity index (χ2v) is 7.76. The molecule has 4 rings (SSSR count). The number of nitrogens with zero attached hydrogens (tertiary/aromatic N) is 3. The fourth-order valence-electron chi connectivity index (χ4n) is 2.98. The van der Waals surface area contributed by atoms with E-state index in [1.807, 2.05) is 31.4 Å². The van der Waals surface area contributed by atoms with Crippen molar-refractivity contribution in [1.82, 2.24) is 14.8 Å². The normalized spacial score (nSPS) is 11.3. The first kappa shape index (κ1) is 19.1. The monoisotopic (exact) mass is 409 g/mol. The van der Waals surface area contributed by atoms with Crippen LogP contribution in [0.1, 0.15) is 41.8 Å². The molecule has 29 heavy (non-hydrogen) atoms. The van der Waals surface area contributed by atoms with E-state index in [1.54, 1.807) is 31.2 Å². The highest BCUT2D eigenvalue weighted by atomic mass is 32.1. The lowest BCUT2D eigenvalue weighted by atomic mass is 10.1. The molecule has 1 aromatic carbocycles. The van der Waals surface area contributed by atoms with Gasteiger partial charge in [-0.2, -0.15) is 5.10 Å². The Hall–Kier alpha value is -3.26. The van der Waals surface area contributed by atoms with E-state index in [0.717, 1.165) is 4.88 Å². The summed E-state index contributed by atoms with van der Waals surface area (Å²) in [6, 6.07) is 10.5. The van der Waals surface area contributed by atoms with Crippen molar-refractivity contribution in [2.24, 2.45) is 0 Å². The summed E-state index contributed by atoms with van der Waals surface area (Å²) < 4.78 is 12.5. The molecule has 0 radical (unpaired) electrons. The number of aromatic nitrogens is 3.